The van der Waals surface area contributed by atoms with E-state index in [1.165, 1.54) is 0 Å². The Bertz CT molecular complexity index is 573. The SMILES string of the molecule is CC(C)CN(CC(C)C)c1ncnc(N2CCC(C(=O)O)CC2)c1N. The van der Waals surface area contributed by atoms with Crippen molar-refractivity contribution in [2.24, 2.45) is 17.8 Å². The summed E-state index contributed by atoms with van der Waals surface area (Å²) >= 11 is 0. The van der Waals surface area contributed by atoms with Crippen molar-refractivity contribution >= 4 is 23.3 Å². The lowest BCUT2D eigenvalue weighted by atomic mass is 9.97. The van der Waals surface area contributed by atoms with Gasteiger partial charge in [0.25, 0.3) is 0 Å². The molecule has 3 N–H and O–H groups in total. The average molecular weight is 349 g/mol. The summed E-state index contributed by atoms with van der Waals surface area (Å²) in [5.41, 5.74) is 7.03. The maximum Gasteiger partial charge on any atom is 0.306 e. The molecule has 0 atom stereocenters. The second-order valence-electron chi connectivity index (χ2n) is 7.73. The Morgan fingerprint density at radius 3 is 2.28 bits per heavy atom. The van der Waals surface area contributed by atoms with Crippen molar-refractivity contribution in [2.45, 2.75) is 40.5 Å². The molecule has 0 saturated carbocycles. The molecular weight excluding hydrogens is 318 g/mol. The molecule has 140 valence electrons. The van der Waals surface area contributed by atoms with Crippen LogP contribution in [0.3, 0.4) is 0 Å². The second-order valence-corrected chi connectivity index (χ2v) is 7.73. The van der Waals surface area contributed by atoms with Gasteiger partial charge in [0.05, 0.1) is 5.92 Å². The first kappa shape index (κ1) is 19.3. The zero-order valence-electron chi connectivity index (χ0n) is 15.8. The van der Waals surface area contributed by atoms with Gasteiger partial charge in [0.15, 0.2) is 11.6 Å². The molecule has 0 amide bonds. The summed E-state index contributed by atoms with van der Waals surface area (Å²) < 4.78 is 0. The quantitative estimate of drug-likeness (QED) is 0.780. The van der Waals surface area contributed by atoms with Gasteiger partial charge in [-0.2, -0.15) is 0 Å². The highest BCUT2D eigenvalue weighted by molar-refractivity contribution is 5.76. The smallest absolute Gasteiger partial charge is 0.306 e. The van der Waals surface area contributed by atoms with E-state index in [0.717, 1.165) is 24.7 Å². The van der Waals surface area contributed by atoms with Crippen LogP contribution < -0.4 is 15.5 Å². The summed E-state index contributed by atoms with van der Waals surface area (Å²) in [5, 5.41) is 9.16. The van der Waals surface area contributed by atoms with Gasteiger partial charge in [0.1, 0.15) is 12.0 Å². The maximum atomic E-state index is 11.1. The Morgan fingerprint density at radius 2 is 1.80 bits per heavy atom. The summed E-state index contributed by atoms with van der Waals surface area (Å²) in [6.07, 6.45) is 2.81. The van der Waals surface area contributed by atoms with Crippen LogP contribution in [0.1, 0.15) is 40.5 Å². The monoisotopic (exact) mass is 349 g/mol. The van der Waals surface area contributed by atoms with Crippen molar-refractivity contribution in [1.82, 2.24) is 9.97 Å². The molecule has 1 aliphatic rings. The fourth-order valence-electron chi connectivity index (χ4n) is 3.35. The molecule has 7 nitrogen and oxygen atoms in total. The summed E-state index contributed by atoms with van der Waals surface area (Å²) in [6, 6.07) is 0. The van der Waals surface area contributed by atoms with Crippen LogP contribution in [0, 0.1) is 17.8 Å². The van der Waals surface area contributed by atoms with Gasteiger partial charge >= 0.3 is 5.97 Å². The number of nitrogens with two attached hydrogens (primary N) is 1. The normalized spacial score (nSPS) is 15.8. The van der Waals surface area contributed by atoms with Crippen molar-refractivity contribution < 1.29 is 9.90 Å². The third-order valence-electron chi connectivity index (χ3n) is 4.46. The van der Waals surface area contributed by atoms with E-state index in [9.17, 15) is 4.79 Å². The molecule has 1 aliphatic heterocycles. The van der Waals surface area contributed by atoms with Crippen molar-refractivity contribution in [3.63, 3.8) is 0 Å². The highest BCUT2D eigenvalue weighted by atomic mass is 16.4. The van der Waals surface area contributed by atoms with Crippen molar-refractivity contribution in [3.05, 3.63) is 6.33 Å². The molecule has 2 rings (SSSR count). The average Bonchev–Trinajstić information content (AvgIpc) is 2.53. The Hall–Kier alpha value is -2.05. The third kappa shape index (κ3) is 4.96. The van der Waals surface area contributed by atoms with Gasteiger partial charge in [-0.1, -0.05) is 27.7 Å². The van der Waals surface area contributed by atoms with Crippen LogP contribution in [0.25, 0.3) is 0 Å². The van der Waals surface area contributed by atoms with E-state index < -0.39 is 5.97 Å². The fourth-order valence-corrected chi connectivity index (χ4v) is 3.35. The Labute approximate surface area is 150 Å². The largest absolute Gasteiger partial charge is 0.481 e. The number of carboxylic acid groups (broad SMARTS) is 1. The van der Waals surface area contributed by atoms with Crippen molar-refractivity contribution in [2.75, 3.05) is 41.7 Å². The molecule has 25 heavy (non-hydrogen) atoms. The van der Waals surface area contributed by atoms with E-state index in [1.54, 1.807) is 6.33 Å². The number of hydrogen-bond acceptors (Lipinski definition) is 6. The first-order valence-electron chi connectivity index (χ1n) is 9.12. The van der Waals surface area contributed by atoms with Crippen LogP contribution >= 0.6 is 0 Å². The fraction of sp³-hybridized carbons (Fsp3) is 0.722. The number of rotatable bonds is 7. The van der Waals surface area contributed by atoms with Crippen molar-refractivity contribution in [3.8, 4) is 0 Å². The molecule has 0 bridgehead atoms. The lowest BCUT2D eigenvalue weighted by Gasteiger charge is -2.33. The van der Waals surface area contributed by atoms with E-state index in [4.69, 9.17) is 10.8 Å². The first-order valence-corrected chi connectivity index (χ1v) is 9.12. The Balaban J connectivity index is 2.22. The first-order chi connectivity index (χ1) is 11.8. The van der Waals surface area contributed by atoms with Crippen LogP contribution in [0.15, 0.2) is 6.33 Å². The highest BCUT2D eigenvalue weighted by Crippen LogP contribution is 2.32. The Morgan fingerprint density at radius 1 is 1.24 bits per heavy atom. The molecule has 0 aromatic carbocycles. The number of anilines is 3. The molecule has 1 fully saturated rings. The van der Waals surface area contributed by atoms with E-state index in [1.807, 2.05) is 0 Å². The number of nitrogens with zero attached hydrogens (tertiary/aromatic N) is 4. The predicted octanol–water partition coefficient (Wildman–Crippen LogP) is 2.48. The van der Waals surface area contributed by atoms with Gasteiger partial charge in [0, 0.05) is 26.2 Å². The van der Waals surface area contributed by atoms with Gasteiger partial charge in [-0.3, -0.25) is 4.79 Å². The van der Waals surface area contributed by atoms with E-state index in [2.05, 4.69) is 47.5 Å². The minimum absolute atomic E-state index is 0.267. The van der Waals surface area contributed by atoms with Gasteiger partial charge < -0.3 is 20.6 Å². The number of carboxylic acids is 1. The highest BCUT2D eigenvalue weighted by Gasteiger charge is 2.27. The number of nitrogen functional groups attached to an aromatic ring is 1. The summed E-state index contributed by atoms with van der Waals surface area (Å²) in [6.45, 7) is 11.8. The lowest BCUT2D eigenvalue weighted by molar-refractivity contribution is -0.142. The molecule has 0 aliphatic carbocycles. The summed E-state index contributed by atoms with van der Waals surface area (Å²) in [4.78, 5) is 24.3. The Kier molecular flexibility index (Phi) is 6.45. The van der Waals surface area contributed by atoms with E-state index >= 15 is 0 Å². The second kappa shape index (κ2) is 8.36. The maximum absolute atomic E-state index is 11.1. The van der Waals surface area contributed by atoms with E-state index in [0.29, 0.717) is 43.5 Å². The van der Waals surface area contributed by atoms with Crippen LogP contribution in [-0.4, -0.2) is 47.2 Å². The zero-order chi connectivity index (χ0) is 18.6. The molecule has 0 spiro atoms. The molecule has 0 unspecified atom stereocenters. The molecule has 0 radical (unpaired) electrons. The van der Waals surface area contributed by atoms with Crippen LogP contribution in [0.5, 0.6) is 0 Å². The van der Waals surface area contributed by atoms with Gasteiger partial charge in [-0.05, 0) is 24.7 Å². The van der Waals surface area contributed by atoms with Crippen LogP contribution in [0.4, 0.5) is 17.3 Å². The van der Waals surface area contributed by atoms with Gasteiger partial charge in [-0.15, -0.1) is 0 Å². The van der Waals surface area contributed by atoms with E-state index in [-0.39, 0.29) is 5.92 Å². The number of piperidine rings is 1. The van der Waals surface area contributed by atoms with Crippen LogP contribution in [0.2, 0.25) is 0 Å². The predicted molar refractivity (Wildman–Crippen MR) is 101 cm³/mol. The lowest BCUT2D eigenvalue weighted by Crippen LogP contribution is -2.38. The minimum atomic E-state index is -0.712. The summed E-state index contributed by atoms with van der Waals surface area (Å²) in [5.74, 6) is 1.54. The number of hydrogen-bond donors (Lipinski definition) is 2. The number of carbonyl (C=O) groups is 1. The molecule has 1 aromatic heterocycles. The standard InChI is InChI=1S/C18H31N5O2/c1-12(2)9-23(10-13(3)4)17-15(19)16(20-11-21-17)22-7-5-14(6-8-22)18(24)25/h11-14H,5-10,19H2,1-4H3,(H,24,25). The number of aromatic nitrogens is 2. The van der Waals surface area contributed by atoms with Gasteiger partial charge in [0.2, 0.25) is 0 Å². The van der Waals surface area contributed by atoms with Crippen molar-refractivity contribution in [1.29, 1.82) is 0 Å². The minimum Gasteiger partial charge on any atom is -0.481 e. The number of aliphatic carboxylic acids is 1. The molecular formula is C18H31N5O2. The molecule has 1 saturated heterocycles. The molecule has 2 heterocycles. The topological polar surface area (TPSA) is 95.6 Å². The molecule has 7 heteroatoms. The summed E-state index contributed by atoms with van der Waals surface area (Å²) in [7, 11) is 0. The third-order valence-corrected chi connectivity index (χ3v) is 4.46. The van der Waals surface area contributed by atoms with Gasteiger partial charge in [-0.25, -0.2) is 9.97 Å². The zero-order valence-corrected chi connectivity index (χ0v) is 15.8. The van der Waals surface area contributed by atoms with Crippen LogP contribution in [-0.2, 0) is 4.79 Å². The molecule has 1 aromatic rings.